The number of primary amides is 1. The molecule has 0 spiro atoms. The molecule has 8 heteroatoms. The molecule has 4 bridgehead atoms. The maximum atomic E-state index is 13.3. The number of hydrogen-bond donors (Lipinski definition) is 4. The molecule has 0 aliphatic carbocycles. The zero-order valence-electron chi connectivity index (χ0n) is 17.9. The highest BCUT2D eigenvalue weighted by Gasteiger charge is 2.23. The van der Waals surface area contributed by atoms with E-state index in [1.807, 2.05) is 18.2 Å². The predicted molar refractivity (Wildman–Crippen MR) is 129 cm³/mol. The van der Waals surface area contributed by atoms with Crippen molar-refractivity contribution in [2.24, 2.45) is 5.73 Å². The van der Waals surface area contributed by atoms with Crippen LogP contribution in [0.5, 0.6) is 5.75 Å². The van der Waals surface area contributed by atoms with Gasteiger partial charge in [0.25, 0.3) is 15.9 Å². The first kappa shape index (κ1) is 22.4. The predicted octanol–water partition coefficient (Wildman–Crippen LogP) is 3.95. The Kier molecular flexibility index (Phi) is 6.37. The van der Waals surface area contributed by atoms with Gasteiger partial charge in [-0.2, -0.15) is 0 Å². The molecule has 3 aromatic rings. The summed E-state index contributed by atoms with van der Waals surface area (Å²) < 4.78 is 29.2. The second-order valence-electron chi connectivity index (χ2n) is 7.92. The first-order valence-corrected chi connectivity index (χ1v) is 12.1. The number of rotatable bonds is 1. The van der Waals surface area contributed by atoms with Crippen molar-refractivity contribution in [1.29, 1.82) is 0 Å². The van der Waals surface area contributed by atoms with Crippen molar-refractivity contribution in [3.05, 3.63) is 95.1 Å². The molecule has 0 aromatic heterocycles. The lowest BCUT2D eigenvalue weighted by Gasteiger charge is -2.16. The van der Waals surface area contributed by atoms with E-state index < -0.39 is 21.7 Å². The van der Waals surface area contributed by atoms with Crippen LogP contribution in [0.25, 0.3) is 0 Å². The van der Waals surface area contributed by atoms with E-state index in [2.05, 4.69) is 34.3 Å². The van der Waals surface area contributed by atoms with Gasteiger partial charge in [-0.3, -0.25) is 9.52 Å². The minimum atomic E-state index is -4.10. The first-order valence-electron chi connectivity index (χ1n) is 10.6. The summed E-state index contributed by atoms with van der Waals surface area (Å²) in [5.41, 5.74) is 8.73. The number of phenols is 1. The number of aryl methyl sites for hydroxylation is 1. The van der Waals surface area contributed by atoms with Gasteiger partial charge >= 0.3 is 0 Å². The van der Waals surface area contributed by atoms with Crippen molar-refractivity contribution in [2.75, 3.05) is 10.0 Å². The molecular weight excluding hydrogens is 438 g/mol. The molecule has 1 aliphatic heterocycles. The zero-order chi connectivity index (χ0) is 23.4. The van der Waals surface area contributed by atoms with E-state index in [1.54, 1.807) is 18.2 Å². The van der Waals surface area contributed by atoms with Crippen LogP contribution in [0.2, 0.25) is 0 Å². The van der Waals surface area contributed by atoms with E-state index in [0.29, 0.717) is 18.7 Å². The summed E-state index contributed by atoms with van der Waals surface area (Å²) in [5.74, 6) is -1.31. The third-order valence-corrected chi connectivity index (χ3v) is 6.85. The average molecular weight is 464 g/mol. The summed E-state index contributed by atoms with van der Waals surface area (Å²) in [6.07, 6.45) is 6.67. The fraction of sp³-hybridized carbons (Fsp3) is 0.160. The van der Waals surface area contributed by atoms with Gasteiger partial charge in [-0.25, -0.2) is 8.42 Å². The quantitative estimate of drug-likeness (QED) is 0.407. The van der Waals surface area contributed by atoms with Crippen LogP contribution in [-0.4, -0.2) is 19.4 Å². The number of nitrogens with one attached hydrogen (secondary N) is 2. The second kappa shape index (κ2) is 9.38. The smallest absolute Gasteiger partial charge is 0.263 e. The van der Waals surface area contributed by atoms with E-state index >= 15 is 0 Å². The number of nitrogens with two attached hydrogens (primary N) is 1. The summed E-state index contributed by atoms with van der Waals surface area (Å²) in [6, 6.07) is 17.5. The molecule has 3 aromatic carbocycles. The number of fused-ring (bicyclic) bond motifs is 5. The number of sulfonamides is 1. The molecule has 1 amide bonds. The number of hydrogen-bond acceptors (Lipinski definition) is 5. The Bertz CT molecular complexity index is 1330. The largest absolute Gasteiger partial charge is 0.507 e. The van der Waals surface area contributed by atoms with Gasteiger partial charge in [-0.05, 0) is 54.2 Å². The molecule has 0 unspecified atom stereocenters. The summed E-state index contributed by atoms with van der Waals surface area (Å²) in [4.78, 5) is 11.6. The van der Waals surface area contributed by atoms with E-state index in [9.17, 15) is 18.3 Å². The Hall–Kier alpha value is -3.78. The van der Waals surface area contributed by atoms with E-state index in [4.69, 9.17) is 5.73 Å². The Morgan fingerprint density at radius 3 is 2.52 bits per heavy atom. The number of amides is 1. The van der Waals surface area contributed by atoms with E-state index in [-0.39, 0.29) is 16.1 Å². The maximum Gasteiger partial charge on any atom is 0.263 e. The first-order chi connectivity index (χ1) is 15.8. The van der Waals surface area contributed by atoms with Gasteiger partial charge in [0.1, 0.15) is 10.6 Å². The second-order valence-corrected chi connectivity index (χ2v) is 9.57. The van der Waals surface area contributed by atoms with Crippen molar-refractivity contribution in [1.82, 2.24) is 0 Å². The SMILES string of the molecule is NC(=O)c1cc2c(cc1O)NCc1cccc(c1)CC/C=C/Cc1cccc(c1)NS2(=O)=O. The van der Waals surface area contributed by atoms with E-state index in [0.717, 1.165) is 30.0 Å². The Morgan fingerprint density at radius 1 is 0.939 bits per heavy atom. The van der Waals surface area contributed by atoms with Crippen LogP contribution in [0.15, 0.2) is 77.7 Å². The third kappa shape index (κ3) is 5.35. The topological polar surface area (TPSA) is 122 Å². The van der Waals surface area contributed by atoms with Crippen LogP contribution in [0.4, 0.5) is 11.4 Å². The fourth-order valence-corrected chi connectivity index (χ4v) is 5.02. The maximum absolute atomic E-state index is 13.3. The van der Waals surface area contributed by atoms with Crippen molar-refractivity contribution >= 4 is 27.3 Å². The normalized spacial score (nSPS) is 16.4. The summed E-state index contributed by atoms with van der Waals surface area (Å²) in [5, 5.41) is 13.4. The highest BCUT2D eigenvalue weighted by Crippen LogP contribution is 2.32. The lowest BCUT2D eigenvalue weighted by molar-refractivity contribution is 0.0997. The highest BCUT2D eigenvalue weighted by molar-refractivity contribution is 7.92. The molecule has 0 atom stereocenters. The summed E-state index contributed by atoms with van der Waals surface area (Å²) in [7, 11) is -4.10. The molecule has 0 fully saturated rings. The monoisotopic (exact) mass is 463 g/mol. The lowest BCUT2D eigenvalue weighted by Crippen LogP contribution is -2.18. The van der Waals surface area contributed by atoms with Crippen molar-refractivity contribution < 1.29 is 18.3 Å². The number of carbonyl (C=O) groups excluding carboxylic acids is 1. The molecule has 5 N–H and O–H groups in total. The molecule has 0 saturated heterocycles. The zero-order valence-corrected chi connectivity index (χ0v) is 18.7. The molecule has 170 valence electrons. The number of benzene rings is 3. The number of carbonyl (C=O) groups is 1. The number of allylic oxidation sites excluding steroid dienone is 2. The van der Waals surface area contributed by atoms with Crippen LogP contribution in [-0.2, 0) is 29.4 Å². The third-order valence-electron chi connectivity index (χ3n) is 5.43. The molecule has 0 radical (unpaired) electrons. The Morgan fingerprint density at radius 2 is 1.70 bits per heavy atom. The number of aromatic hydroxyl groups is 1. The van der Waals surface area contributed by atoms with Gasteiger partial charge < -0.3 is 16.2 Å². The fourth-order valence-electron chi connectivity index (χ4n) is 3.78. The minimum absolute atomic E-state index is 0.164. The van der Waals surface area contributed by atoms with Crippen LogP contribution < -0.4 is 15.8 Å². The van der Waals surface area contributed by atoms with Gasteiger partial charge in [0, 0.05) is 18.3 Å². The number of anilines is 2. The Balaban J connectivity index is 1.82. The van der Waals surface area contributed by atoms with Crippen LogP contribution >= 0.6 is 0 Å². The van der Waals surface area contributed by atoms with Crippen molar-refractivity contribution in [2.45, 2.75) is 30.7 Å². The van der Waals surface area contributed by atoms with Gasteiger partial charge in [0.2, 0.25) is 0 Å². The van der Waals surface area contributed by atoms with E-state index in [1.165, 1.54) is 11.6 Å². The molecule has 33 heavy (non-hydrogen) atoms. The molecular formula is C25H25N3O4S. The van der Waals surface area contributed by atoms with Crippen LogP contribution in [0.1, 0.15) is 33.5 Å². The molecule has 7 nitrogen and oxygen atoms in total. The summed E-state index contributed by atoms with van der Waals surface area (Å²) >= 11 is 0. The minimum Gasteiger partial charge on any atom is -0.507 e. The van der Waals surface area contributed by atoms with Crippen LogP contribution in [0, 0.1) is 0 Å². The van der Waals surface area contributed by atoms with Crippen molar-refractivity contribution in [3.63, 3.8) is 0 Å². The van der Waals surface area contributed by atoms with Gasteiger partial charge in [-0.15, -0.1) is 0 Å². The van der Waals surface area contributed by atoms with Gasteiger partial charge in [0.15, 0.2) is 0 Å². The van der Waals surface area contributed by atoms with Gasteiger partial charge in [0.05, 0.1) is 11.3 Å². The van der Waals surface area contributed by atoms with Crippen molar-refractivity contribution in [3.8, 4) is 5.75 Å². The molecule has 0 saturated carbocycles. The molecule has 1 heterocycles. The standard InChI is InChI=1S/C25H25N3O4S/c26-25(30)21-14-24-22(15-23(21)29)27-16-19-10-4-8-17(12-19)6-2-1-3-7-18-9-5-11-20(13-18)28-33(24,31)32/h1,3-5,8-15,27-29H,2,6-7,16H2,(H2,26,30)/b3-1+. The Labute approximate surface area is 193 Å². The van der Waals surface area contributed by atoms with Gasteiger partial charge in [-0.1, -0.05) is 48.6 Å². The average Bonchev–Trinajstić information content (AvgIpc) is 2.77. The van der Waals surface area contributed by atoms with Crippen LogP contribution in [0.3, 0.4) is 0 Å². The lowest BCUT2D eigenvalue weighted by atomic mass is 10.1. The molecule has 4 rings (SSSR count). The summed E-state index contributed by atoms with van der Waals surface area (Å²) in [6.45, 7) is 0.330. The highest BCUT2D eigenvalue weighted by atomic mass is 32.2. The molecule has 1 aliphatic rings.